The fraction of sp³-hybridized carbons (Fsp3) is 0.571. The maximum atomic E-state index is 12.6. The first kappa shape index (κ1) is 15.8. The zero-order chi connectivity index (χ0) is 16.0. The van der Waals surface area contributed by atoms with E-state index < -0.39 is 20.2 Å². The molecular formula is C14H17F3N2O2S. The fourth-order valence-corrected chi connectivity index (χ4v) is 3.96. The molecule has 0 amide bonds. The van der Waals surface area contributed by atoms with Gasteiger partial charge in [-0.1, -0.05) is 12.1 Å². The summed E-state index contributed by atoms with van der Waals surface area (Å²) in [5.41, 5.74) is -4.37. The van der Waals surface area contributed by atoms with Crippen LogP contribution in [0.15, 0.2) is 29.2 Å². The molecule has 1 N–H and O–H groups in total. The number of likely N-dealkylation sites (tertiary alicyclic amines) is 1. The molecule has 8 heteroatoms. The van der Waals surface area contributed by atoms with Crippen molar-refractivity contribution in [3.8, 4) is 0 Å². The SMILES string of the molecule is O=S(=O)(c1cccc(CN2CCC3(CNC3)C2)c1)C(F)(F)F. The van der Waals surface area contributed by atoms with Crippen LogP contribution in [0, 0.1) is 5.41 Å². The summed E-state index contributed by atoms with van der Waals surface area (Å²) in [6.07, 6.45) is 1.07. The lowest BCUT2D eigenvalue weighted by Gasteiger charge is -2.39. The minimum Gasteiger partial charge on any atom is -0.315 e. The van der Waals surface area contributed by atoms with E-state index in [-0.39, 0.29) is 0 Å². The summed E-state index contributed by atoms with van der Waals surface area (Å²) in [5, 5.41) is 3.24. The number of hydrogen-bond donors (Lipinski definition) is 1. The Hall–Kier alpha value is -1.12. The molecule has 2 aliphatic rings. The molecule has 1 spiro atoms. The van der Waals surface area contributed by atoms with Crippen molar-refractivity contribution in [2.45, 2.75) is 23.4 Å². The van der Waals surface area contributed by atoms with E-state index in [1.165, 1.54) is 6.07 Å². The quantitative estimate of drug-likeness (QED) is 0.915. The lowest BCUT2D eigenvalue weighted by molar-refractivity contribution is -0.0436. The number of alkyl halides is 3. The highest BCUT2D eigenvalue weighted by Gasteiger charge is 2.47. The Labute approximate surface area is 127 Å². The molecule has 22 heavy (non-hydrogen) atoms. The van der Waals surface area contributed by atoms with Crippen LogP contribution in [0.1, 0.15) is 12.0 Å². The molecule has 2 heterocycles. The second-order valence-corrected chi connectivity index (χ2v) is 8.10. The van der Waals surface area contributed by atoms with Crippen molar-refractivity contribution in [3.63, 3.8) is 0 Å². The number of nitrogens with zero attached hydrogens (tertiary/aromatic N) is 1. The average molecular weight is 334 g/mol. The first-order valence-corrected chi connectivity index (χ1v) is 8.54. The Morgan fingerprint density at radius 1 is 1.27 bits per heavy atom. The molecule has 4 nitrogen and oxygen atoms in total. The van der Waals surface area contributed by atoms with Gasteiger partial charge in [0.2, 0.25) is 0 Å². The van der Waals surface area contributed by atoms with Gasteiger partial charge in [0.15, 0.2) is 0 Å². The number of hydrogen-bond acceptors (Lipinski definition) is 4. The lowest BCUT2D eigenvalue weighted by Crippen LogP contribution is -2.54. The highest BCUT2D eigenvalue weighted by Crippen LogP contribution is 2.35. The van der Waals surface area contributed by atoms with Crippen LogP contribution in [-0.2, 0) is 16.4 Å². The molecule has 0 bridgehead atoms. The van der Waals surface area contributed by atoms with Gasteiger partial charge in [-0.05, 0) is 30.7 Å². The molecule has 0 aliphatic carbocycles. The highest BCUT2D eigenvalue weighted by molar-refractivity contribution is 7.92. The molecule has 0 saturated carbocycles. The third-order valence-electron chi connectivity index (χ3n) is 4.44. The van der Waals surface area contributed by atoms with Crippen molar-refractivity contribution < 1.29 is 21.6 Å². The summed E-state index contributed by atoms with van der Waals surface area (Å²) in [6, 6.07) is 5.16. The van der Waals surface area contributed by atoms with Gasteiger partial charge in [-0.15, -0.1) is 0 Å². The van der Waals surface area contributed by atoms with Crippen molar-refractivity contribution in [3.05, 3.63) is 29.8 Å². The van der Waals surface area contributed by atoms with Gasteiger partial charge < -0.3 is 5.32 Å². The molecule has 0 aromatic heterocycles. The van der Waals surface area contributed by atoms with Crippen LogP contribution in [-0.4, -0.2) is 45.0 Å². The largest absolute Gasteiger partial charge is 0.501 e. The van der Waals surface area contributed by atoms with E-state index in [0.29, 0.717) is 17.5 Å². The second kappa shape index (κ2) is 5.21. The van der Waals surface area contributed by atoms with Gasteiger partial charge in [-0.25, -0.2) is 8.42 Å². The average Bonchev–Trinajstić information content (AvgIpc) is 2.82. The predicted octanol–water partition coefficient (Wildman–Crippen LogP) is 1.78. The van der Waals surface area contributed by atoms with E-state index in [1.54, 1.807) is 6.07 Å². The number of benzene rings is 1. The highest BCUT2D eigenvalue weighted by atomic mass is 32.2. The van der Waals surface area contributed by atoms with Crippen LogP contribution in [0.25, 0.3) is 0 Å². The monoisotopic (exact) mass is 334 g/mol. The molecule has 1 aromatic carbocycles. The number of nitrogens with one attached hydrogen (secondary N) is 1. The molecule has 0 unspecified atom stereocenters. The molecule has 0 atom stereocenters. The van der Waals surface area contributed by atoms with Gasteiger partial charge >= 0.3 is 5.51 Å². The van der Waals surface area contributed by atoms with E-state index in [4.69, 9.17) is 0 Å². The lowest BCUT2D eigenvalue weighted by atomic mass is 9.81. The Bertz CT molecular complexity index is 669. The molecule has 122 valence electrons. The number of sulfone groups is 1. The molecule has 2 saturated heterocycles. The van der Waals surface area contributed by atoms with Crippen LogP contribution < -0.4 is 5.32 Å². The molecule has 2 fully saturated rings. The molecule has 0 radical (unpaired) electrons. The normalized spacial score (nSPS) is 22.0. The fourth-order valence-electron chi connectivity index (χ4n) is 3.13. The van der Waals surface area contributed by atoms with Crippen LogP contribution in [0.2, 0.25) is 0 Å². The molecule has 3 rings (SSSR count). The van der Waals surface area contributed by atoms with E-state index >= 15 is 0 Å². The van der Waals surface area contributed by atoms with Gasteiger partial charge in [0.05, 0.1) is 4.90 Å². The number of halogens is 3. The second-order valence-electron chi connectivity index (χ2n) is 6.16. The van der Waals surface area contributed by atoms with Crippen LogP contribution in [0.3, 0.4) is 0 Å². The Morgan fingerprint density at radius 2 is 2.00 bits per heavy atom. The Morgan fingerprint density at radius 3 is 2.55 bits per heavy atom. The zero-order valence-corrected chi connectivity index (χ0v) is 12.7. The predicted molar refractivity (Wildman–Crippen MR) is 74.9 cm³/mol. The maximum absolute atomic E-state index is 12.6. The van der Waals surface area contributed by atoms with Gasteiger partial charge in [0, 0.05) is 31.6 Å². The standard InChI is InChI=1S/C14H17F3N2O2S/c15-14(16,17)22(20,21)12-3-1-2-11(6-12)7-19-5-4-13(10-19)8-18-9-13/h1-3,6,18H,4-5,7-10H2. The van der Waals surface area contributed by atoms with Crippen molar-refractivity contribution in [2.75, 3.05) is 26.2 Å². The number of rotatable bonds is 3. The molecule has 1 aromatic rings. The first-order chi connectivity index (χ1) is 10.2. The van der Waals surface area contributed by atoms with Crippen molar-refractivity contribution in [2.24, 2.45) is 5.41 Å². The summed E-state index contributed by atoms with van der Waals surface area (Å²) in [5.74, 6) is 0. The zero-order valence-electron chi connectivity index (χ0n) is 11.9. The van der Waals surface area contributed by atoms with Gasteiger partial charge in [-0.2, -0.15) is 13.2 Å². The topological polar surface area (TPSA) is 49.4 Å². The van der Waals surface area contributed by atoms with Gasteiger partial charge in [-0.3, -0.25) is 4.90 Å². The molecular weight excluding hydrogens is 317 g/mol. The van der Waals surface area contributed by atoms with Crippen molar-refractivity contribution in [1.29, 1.82) is 0 Å². The van der Waals surface area contributed by atoms with Gasteiger partial charge in [0.1, 0.15) is 0 Å². The van der Waals surface area contributed by atoms with E-state index in [2.05, 4.69) is 10.2 Å². The van der Waals surface area contributed by atoms with Crippen molar-refractivity contribution in [1.82, 2.24) is 10.2 Å². The van der Waals surface area contributed by atoms with E-state index in [1.807, 2.05) is 0 Å². The smallest absolute Gasteiger partial charge is 0.315 e. The van der Waals surface area contributed by atoms with E-state index in [0.717, 1.165) is 44.7 Å². The summed E-state index contributed by atoms with van der Waals surface area (Å²) in [7, 11) is -5.28. The minimum atomic E-state index is -5.28. The van der Waals surface area contributed by atoms with E-state index in [9.17, 15) is 21.6 Å². The van der Waals surface area contributed by atoms with Crippen LogP contribution >= 0.6 is 0 Å². The summed E-state index contributed by atoms with van der Waals surface area (Å²) in [6.45, 7) is 4.22. The Kier molecular flexibility index (Phi) is 3.73. The van der Waals surface area contributed by atoms with Crippen LogP contribution in [0.5, 0.6) is 0 Å². The summed E-state index contributed by atoms with van der Waals surface area (Å²) < 4.78 is 60.7. The van der Waals surface area contributed by atoms with Gasteiger partial charge in [0.25, 0.3) is 9.84 Å². The van der Waals surface area contributed by atoms with Crippen LogP contribution in [0.4, 0.5) is 13.2 Å². The minimum absolute atomic E-state index is 0.301. The van der Waals surface area contributed by atoms with Crippen molar-refractivity contribution >= 4 is 9.84 Å². The first-order valence-electron chi connectivity index (χ1n) is 7.05. The summed E-state index contributed by atoms with van der Waals surface area (Å²) >= 11 is 0. The molecule has 2 aliphatic heterocycles. The third kappa shape index (κ3) is 2.75. The third-order valence-corrected chi connectivity index (χ3v) is 5.92. The Balaban J connectivity index is 1.75. The maximum Gasteiger partial charge on any atom is 0.501 e. The summed E-state index contributed by atoms with van der Waals surface area (Å²) in [4.78, 5) is 1.48.